The predicted molar refractivity (Wildman–Crippen MR) is 122 cm³/mol. The molecule has 1 aliphatic rings. The van der Waals surface area contributed by atoms with Gasteiger partial charge in [-0.25, -0.2) is 4.79 Å². The smallest absolute Gasteiger partial charge is 0.338 e. The molecule has 1 fully saturated rings. The number of esters is 1. The predicted octanol–water partition coefficient (Wildman–Crippen LogP) is 2.74. The van der Waals surface area contributed by atoms with E-state index < -0.39 is 30.5 Å². The van der Waals surface area contributed by atoms with Crippen LogP contribution in [0.4, 0.5) is 0 Å². The zero-order chi connectivity index (χ0) is 23.0. The highest BCUT2D eigenvalue weighted by atomic mass is 127. The van der Waals surface area contributed by atoms with Crippen LogP contribution < -0.4 is 0 Å². The summed E-state index contributed by atoms with van der Waals surface area (Å²) in [6, 6.07) is 8.64. The Bertz CT molecular complexity index is 798. The Labute approximate surface area is 196 Å². The van der Waals surface area contributed by atoms with Gasteiger partial charge in [0.05, 0.1) is 18.8 Å². The van der Waals surface area contributed by atoms with Crippen LogP contribution in [-0.2, 0) is 28.5 Å². The lowest BCUT2D eigenvalue weighted by atomic mass is 10.1. The van der Waals surface area contributed by atoms with E-state index in [9.17, 15) is 14.4 Å². The van der Waals surface area contributed by atoms with E-state index in [4.69, 9.17) is 18.9 Å². The number of methoxy groups -OCH3 is 1. The average molecular weight is 545 g/mol. The standard InChI is InChI=1S/C22H28INO7/c1-14(15(2)25)13-24(16(3)26)21-20(29-11-10-28-4)19(18(12-23)30-21)31-22(27)17-8-6-5-7-9-17/h5-9,13,18-21H,10-12H2,1-4H3/b14-13-/t18-,19-,20-,21-/m1/s1. The zero-order valence-electron chi connectivity index (χ0n) is 18.1. The van der Waals surface area contributed by atoms with Crippen molar-refractivity contribution in [1.29, 1.82) is 0 Å². The maximum absolute atomic E-state index is 12.7. The van der Waals surface area contributed by atoms with Gasteiger partial charge in [-0.1, -0.05) is 40.8 Å². The number of amides is 1. The highest BCUT2D eigenvalue weighted by molar-refractivity contribution is 14.1. The number of benzene rings is 1. The lowest BCUT2D eigenvalue weighted by molar-refractivity contribution is -0.146. The molecule has 0 radical (unpaired) electrons. The van der Waals surface area contributed by atoms with Gasteiger partial charge < -0.3 is 18.9 Å². The molecule has 4 atom stereocenters. The van der Waals surface area contributed by atoms with Crippen molar-refractivity contribution in [1.82, 2.24) is 4.90 Å². The molecule has 2 rings (SSSR count). The Kier molecular flexibility index (Phi) is 10.1. The highest BCUT2D eigenvalue weighted by Crippen LogP contribution is 2.31. The van der Waals surface area contributed by atoms with Crippen molar-refractivity contribution < 1.29 is 33.3 Å². The van der Waals surface area contributed by atoms with Gasteiger partial charge in [0.1, 0.15) is 12.2 Å². The molecule has 0 saturated carbocycles. The Morgan fingerprint density at radius 2 is 1.77 bits per heavy atom. The minimum Gasteiger partial charge on any atom is -0.453 e. The van der Waals surface area contributed by atoms with Gasteiger partial charge in [0, 0.05) is 30.2 Å². The van der Waals surface area contributed by atoms with Crippen LogP contribution in [0.1, 0.15) is 31.1 Å². The molecule has 1 heterocycles. The van der Waals surface area contributed by atoms with Crippen molar-refractivity contribution in [3.63, 3.8) is 0 Å². The lowest BCUT2D eigenvalue weighted by Gasteiger charge is -2.30. The summed E-state index contributed by atoms with van der Waals surface area (Å²) in [4.78, 5) is 38.2. The number of ether oxygens (including phenoxy) is 4. The summed E-state index contributed by atoms with van der Waals surface area (Å²) in [5, 5.41) is 0. The van der Waals surface area contributed by atoms with Crippen LogP contribution in [0, 0.1) is 0 Å². The second kappa shape index (κ2) is 12.3. The first kappa shape index (κ1) is 25.4. The van der Waals surface area contributed by atoms with Gasteiger partial charge in [-0.05, 0) is 26.0 Å². The molecule has 1 saturated heterocycles. The van der Waals surface area contributed by atoms with E-state index in [0.717, 1.165) is 0 Å². The number of rotatable bonds is 10. The monoisotopic (exact) mass is 545 g/mol. The van der Waals surface area contributed by atoms with Gasteiger partial charge in [0.15, 0.2) is 18.1 Å². The van der Waals surface area contributed by atoms with E-state index in [1.54, 1.807) is 38.3 Å². The van der Waals surface area contributed by atoms with Crippen LogP contribution in [0.5, 0.6) is 0 Å². The Morgan fingerprint density at radius 3 is 2.32 bits per heavy atom. The Hall–Kier alpha value is -1.82. The molecule has 0 unspecified atom stereocenters. The summed E-state index contributed by atoms with van der Waals surface area (Å²) in [6.07, 6.45) is -1.43. The van der Waals surface area contributed by atoms with Crippen molar-refractivity contribution in [3.8, 4) is 0 Å². The van der Waals surface area contributed by atoms with E-state index in [0.29, 0.717) is 22.2 Å². The molecule has 31 heavy (non-hydrogen) atoms. The number of hydrogen-bond acceptors (Lipinski definition) is 7. The molecule has 1 aromatic carbocycles. The number of hydrogen-bond donors (Lipinski definition) is 0. The van der Waals surface area contributed by atoms with Crippen LogP contribution >= 0.6 is 22.6 Å². The SMILES string of the molecule is COCCO[C@@H]1[C@H](OC(=O)c2ccccc2)[C@@H](CI)O[C@H]1N(/C=C(/C)C(C)=O)C(C)=O. The minimum absolute atomic E-state index is 0.168. The molecule has 0 aromatic heterocycles. The first-order valence-corrected chi connectivity index (χ1v) is 11.4. The second-order valence-corrected chi connectivity index (χ2v) is 7.96. The third-order valence-electron chi connectivity index (χ3n) is 4.81. The molecule has 170 valence electrons. The summed E-state index contributed by atoms with van der Waals surface area (Å²) >= 11 is 2.14. The van der Waals surface area contributed by atoms with Gasteiger partial charge in [-0.2, -0.15) is 0 Å². The van der Waals surface area contributed by atoms with E-state index in [2.05, 4.69) is 22.6 Å². The maximum Gasteiger partial charge on any atom is 0.338 e. The summed E-state index contributed by atoms with van der Waals surface area (Å²) < 4.78 is 23.4. The molecule has 0 bridgehead atoms. The maximum atomic E-state index is 12.7. The van der Waals surface area contributed by atoms with Crippen molar-refractivity contribution in [2.24, 2.45) is 0 Å². The molecule has 9 heteroatoms. The number of alkyl halides is 1. The number of Topliss-reactive ketones (excluding diaryl/α,β-unsaturated/α-hetero) is 1. The van der Waals surface area contributed by atoms with Crippen molar-refractivity contribution >= 4 is 40.3 Å². The normalized spacial score (nSPS) is 23.5. The summed E-state index contributed by atoms with van der Waals surface area (Å²) in [5.41, 5.74) is 0.801. The van der Waals surface area contributed by atoms with Crippen LogP contribution in [0.2, 0.25) is 0 Å². The fraction of sp³-hybridized carbons (Fsp3) is 0.500. The molecule has 1 amide bonds. The molecule has 8 nitrogen and oxygen atoms in total. The lowest BCUT2D eigenvalue weighted by Crippen LogP contribution is -2.47. The zero-order valence-corrected chi connectivity index (χ0v) is 20.2. The van der Waals surface area contributed by atoms with E-state index >= 15 is 0 Å². The Balaban J connectivity index is 2.35. The summed E-state index contributed by atoms with van der Waals surface area (Å²) in [7, 11) is 1.55. The largest absolute Gasteiger partial charge is 0.453 e. The number of halogens is 1. The van der Waals surface area contributed by atoms with Gasteiger partial charge >= 0.3 is 5.97 Å². The van der Waals surface area contributed by atoms with Crippen molar-refractivity contribution in [2.75, 3.05) is 24.8 Å². The van der Waals surface area contributed by atoms with Crippen LogP contribution in [0.3, 0.4) is 0 Å². The van der Waals surface area contributed by atoms with Crippen LogP contribution in [0.25, 0.3) is 0 Å². The van der Waals surface area contributed by atoms with Crippen LogP contribution in [0.15, 0.2) is 42.1 Å². The van der Waals surface area contributed by atoms with E-state index in [-0.39, 0.29) is 18.3 Å². The van der Waals surface area contributed by atoms with Crippen molar-refractivity contribution in [2.45, 2.75) is 45.3 Å². The second-order valence-electron chi connectivity index (χ2n) is 7.08. The fourth-order valence-corrected chi connectivity index (χ4v) is 3.76. The number of allylic oxidation sites excluding steroid dienone is 1. The van der Waals surface area contributed by atoms with Gasteiger partial charge in [-0.15, -0.1) is 0 Å². The number of carbonyl (C=O) groups is 3. The van der Waals surface area contributed by atoms with E-state index in [1.807, 2.05) is 6.07 Å². The van der Waals surface area contributed by atoms with Gasteiger partial charge in [0.2, 0.25) is 5.91 Å². The minimum atomic E-state index is -0.864. The quantitative estimate of drug-likeness (QED) is 0.147. The molecule has 0 aliphatic carbocycles. The molecule has 1 aliphatic heterocycles. The topological polar surface area (TPSA) is 91.4 Å². The summed E-state index contributed by atoms with van der Waals surface area (Å²) in [6.45, 7) is 4.96. The molecule has 0 N–H and O–H groups in total. The van der Waals surface area contributed by atoms with Crippen molar-refractivity contribution in [3.05, 3.63) is 47.7 Å². The third-order valence-corrected chi connectivity index (χ3v) is 5.68. The van der Waals surface area contributed by atoms with Gasteiger partial charge in [-0.3, -0.25) is 14.5 Å². The highest BCUT2D eigenvalue weighted by Gasteiger charge is 2.50. The first-order valence-electron chi connectivity index (χ1n) is 9.86. The number of carbonyl (C=O) groups excluding carboxylic acids is 3. The number of nitrogens with zero attached hydrogens (tertiary/aromatic N) is 1. The first-order chi connectivity index (χ1) is 14.8. The molecule has 0 spiro atoms. The van der Waals surface area contributed by atoms with E-state index in [1.165, 1.54) is 24.9 Å². The molecular formula is C22H28INO7. The molecular weight excluding hydrogens is 517 g/mol. The average Bonchev–Trinajstić information content (AvgIpc) is 3.09. The van der Waals surface area contributed by atoms with Crippen LogP contribution in [-0.4, -0.2) is 71.9 Å². The molecule has 1 aromatic rings. The summed E-state index contributed by atoms with van der Waals surface area (Å²) in [5.74, 6) is -0.998. The van der Waals surface area contributed by atoms with Gasteiger partial charge in [0.25, 0.3) is 0 Å². The number of ketones is 1. The Morgan fingerprint density at radius 1 is 1.10 bits per heavy atom. The third kappa shape index (κ3) is 6.83. The fourth-order valence-electron chi connectivity index (χ4n) is 3.05.